The molecule has 0 bridgehead atoms. The number of piperidine rings is 1. The number of pyridine rings is 1. The van der Waals surface area contributed by atoms with Gasteiger partial charge >= 0.3 is 0 Å². The highest BCUT2D eigenvalue weighted by atomic mass is 16.1. The van der Waals surface area contributed by atoms with Crippen LogP contribution >= 0.6 is 0 Å². The third-order valence-electron chi connectivity index (χ3n) is 3.12. The first-order valence-electron chi connectivity index (χ1n) is 6.39. The third kappa shape index (κ3) is 3.62. The van der Waals surface area contributed by atoms with Gasteiger partial charge in [0.15, 0.2) is 0 Å². The van der Waals surface area contributed by atoms with Crippen molar-refractivity contribution in [1.29, 1.82) is 0 Å². The van der Waals surface area contributed by atoms with Crippen LogP contribution in [0.2, 0.25) is 0 Å². The minimum absolute atomic E-state index is 0.136. The van der Waals surface area contributed by atoms with E-state index in [2.05, 4.69) is 27.0 Å². The first-order chi connectivity index (χ1) is 9.19. The van der Waals surface area contributed by atoms with Crippen LogP contribution in [0.15, 0.2) is 18.3 Å². The second-order valence-electron chi connectivity index (χ2n) is 4.57. The summed E-state index contributed by atoms with van der Waals surface area (Å²) in [6.45, 7) is 3.41. The monoisotopic (exact) mass is 258 g/mol. The Morgan fingerprint density at radius 3 is 3.21 bits per heavy atom. The van der Waals surface area contributed by atoms with Crippen molar-refractivity contribution in [2.75, 3.05) is 23.7 Å². The number of nitrogens with zero attached hydrogens (tertiary/aromatic N) is 2. The van der Waals surface area contributed by atoms with Crippen LogP contribution in [0.25, 0.3) is 0 Å². The van der Waals surface area contributed by atoms with Gasteiger partial charge in [0.2, 0.25) is 0 Å². The fourth-order valence-corrected chi connectivity index (χ4v) is 2.30. The summed E-state index contributed by atoms with van der Waals surface area (Å²) in [5.41, 5.74) is 6.74. The highest BCUT2D eigenvalue weighted by molar-refractivity contribution is 5.93. The van der Waals surface area contributed by atoms with Gasteiger partial charge in [-0.1, -0.05) is 5.92 Å². The van der Waals surface area contributed by atoms with Crippen LogP contribution in [0.1, 0.15) is 19.8 Å². The summed E-state index contributed by atoms with van der Waals surface area (Å²) < 4.78 is 0. The average Bonchev–Trinajstić information content (AvgIpc) is 2.39. The SMILES string of the molecule is CC#CC(=O)N[C@@H]1CCCN(c2ccnc(N)c2)C1. The molecule has 0 aromatic carbocycles. The smallest absolute Gasteiger partial charge is 0.296 e. The van der Waals surface area contributed by atoms with Crippen molar-refractivity contribution in [3.05, 3.63) is 18.3 Å². The molecule has 1 fully saturated rings. The van der Waals surface area contributed by atoms with Crippen LogP contribution in [0.5, 0.6) is 0 Å². The Labute approximate surface area is 113 Å². The van der Waals surface area contributed by atoms with Crippen LogP contribution in [-0.2, 0) is 4.79 Å². The molecule has 19 heavy (non-hydrogen) atoms. The Hall–Kier alpha value is -2.22. The van der Waals surface area contributed by atoms with E-state index in [0.29, 0.717) is 5.82 Å². The lowest BCUT2D eigenvalue weighted by Gasteiger charge is -2.34. The van der Waals surface area contributed by atoms with E-state index in [1.165, 1.54) is 0 Å². The molecule has 1 aliphatic rings. The summed E-state index contributed by atoms with van der Waals surface area (Å²) in [5, 5.41) is 2.93. The summed E-state index contributed by atoms with van der Waals surface area (Å²) in [4.78, 5) is 17.7. The Morgan fingerprint density at radius 1 is 1.63 bits per heavy atom. The molecule has 3 N–H and O–H groups in total. The number of aromatic nitrogens is 1. The van der Waals surface area contributed by atoms with E-state index in [0.717, 1.165) is 31.6 Å². The molecule has 0 saturated carbocycles. The second kappa shape index (κ2) is 6.10. The largest absolute Gasteiger partial charge is 0.384 e. The van der Waals surface area contributed by atoms with Crippen molar-refractivity contribution in [3.8, 4) is 11.8 Å². The molecule has 2 rings (SSSR count). The molecule has 5 nitrogen and oxygen atoms in total. The van der Waals surface area contributed by atoms with Crippen LogP contribution in [-0.4, -0.2) is 30.0 Å². The van der Waals surface area contributed by atoms with E-state index in [-0.39, 0.29) is 11.9 Å². The molecule has 1 aliphatic heterocycles. The molecule has 2 heterocycles. The summed E-state index contributed by atoms with van der Waals surface area (Å²) in [5.74, 6) is 5.42. The van der Waals surface area contributed by atoms with E-state index >= 15 is 0 Å². The Balaban J connectivity index is 2.00. The van der Waals surface area contributed by atoms with Gasteiger partial charge in [-0.25, -0.2) is 4.98 Å². The molecule has 1 saturated heterocycles. The minimum Gasteiger partial charge on any atom is -0.384 e. The first kappa shape index (κ1) is 13.2. The van der Waals surface area contributed by atoms with Crippen molar-refractivity contribution in [2.24, 2.45) is 0 Å². The number of rotatable bonds is 2. The van der Waals surface area contributed by atoms with E-state index in [1.54, 1.807) is 13.1 Å². The number of amides is 1. The van der Waals surface area contributed by atoms with Gasteiger partial charge in [-0.3, -0.25) is 4.79 Å². The zero-order chi connectivity index (χ0) is 13.7. The molecule has 1 atom stereocenters. The van der Waals surface area contributed by atoms with Crippen molar-refractivity contribution < 1.29 is 4.79 Å². The molecule has 0 unspecified atom stereocenters. The highest BCUT2D eigenvalue weighted by Gasteiger charge is 2.21. The maximum atomic E-state index is 11.5. The number of carbonyl (C=O) groups is 1. The third-order valence-corrected chi connectivity index (χ3v) is 3.12. The summed E-state index contributed by atoms with van der Waals surface area (Å²) >= 11 is 0. The highest BCUT2D eigenvalue weighted by Crippen LogP contribution is 2.20. The zero-order valence-electron chi connectivity index (χ0n) is 11.0. The summed E-state index contributed by atoms with van der Waals surface area (Å²) in [7, 11) is 0. The zero-order valence-corrected chi connectivity index (χ0v) is 11.0. The van der Waals surface area contributed by atoms with E-state index < -0.39 is 0 Å². The number of nitrogens with one attached hydrogen (secondary N) is 1. The van der Waals surface area contributed by atoms with E-state index in [4.69, 9.17) is 5.73 Å². The van der Waals surface area contributed by atoms with Gasteiger partial charge in [0.05, 0.1) is 0 Å². The fourth-order valence-electron chi connectivity index (χ4n) is 2.30. The number of nitrogens with two attached hydrogens (primary N) is 1. The van der Waals surface area contributed by atoms with Crippen LogP contribution in [0.3, 0.4) is 0 Å². The summed E-state index contributed by atoms with van der Waals surface area (Å²) in [6.07, 6.45) is 3.72. The lowest BCUT2D eigenvalue weighted by atomic mass is 10.0. The number of hydrogen-bond acceptors (Lipinski definition) is 4. The maximum Gasteiger partial charge on any atom is 0.296 e. The van der Waals surface area contributed by atoms with Gasteiger partial charge in [-0.15, -0.1) is 0 Å². The van der Waals surface area contributed by atoms with E-state index in [1.807, 2.05) is 12.1 Å². The molecule has 1 aromatic rings. The van der Waals surface area contributed by atoms with Crippen LogP contribution in [0.4, 0.5) is 11.5 Å². The topological polar surface area (TPSA) is 71.2 Å². The first-order valence-corrected chi connectivity index (χ1v) is 6.39. The van der Waals surface area contributed by atoms with Gasteiger partial charge in [-0.05, 0) is 31.8 Å². The Kier molecular flexibility index (Phi) is 4.24. The van der Waals surface area contributed by atoms with Crippen LogP contribution in [0, 0.1) is 11.8 Å². The molecule has 0 aliphatic carbocycles. The molecule has 100 valence electrons. The summed E-state index contributed by atoms with van der Waals surface area (Å²) in [6, 6.07) is 3.93. The Morgan fingerprint density at radius 2 is 2.47 bits per heavy atom. The minimum atomic E-state index is -0.205. The van der Waals surface area contributed by atoms with E-state index in [9.17, 15) is 4.79 Å². The lowest BCUT2D eigenvalue weighted by Crippen LogP contribution is -2.47. The number of anilines is 2. The Bertz CT molecular complexity index is 518. The van der Waals surface area contributed by atoms with Crippen molar-refractivity contribution in [3.63, 3.8) is 0 Å². The maximum absolute atomic E-state index is 11.5. The molecule has 0 radical (unpaired) electrons. The molecule has 1 amide bonds. The van der Waals surface area contributed by atoms with Gasteiger partial charge in [0, 0.05) is 37.1 Å². The second-order valence-corrected chi connectivity index (χ2v) is 4.57. The van der Waals surface area contributed by atoms with Gasteiger partial charge in [-0.2, -0.15) is 0 Å². The predicted octanol–water partition coefficient (Wildman–Crippen LogP) is 0.772. The van der Waals surface area contributed by atoms with Gasteiger partial charge in [0.25, 0.3) is 5.91 Å². The molecular weight excluding hydrogens is 240 g/mol. The standard InChI is InChI=1S/C14H18N4O/c1-2-4-14(19)17-11-5-3-8-18(10-11)12-6-7-16-13(15)9-12/h6-7,9,11H,3,5,8,10H2,1H3,(H2,15,16)(H,17,19)/t11-/m1/s1. The average molecular weight is 258 g/mol. The molecule has 1 aromatic heterocycles. The van der Waals surface area contributed by atoms with Crippen molar-refractivity contribution in [1.82, 2.24) is 10.3 Å². The molecule has 0 spiro atoms. The fraction of sp³-hybridized carbons (Fsp3) is 0.429. The van der Waals surface area contributed by atoms with Crippen LogP contribution < -0.4 is 16.0 Å². The van der Waals surface area contributed by atoms with Gasteiger partial charge in [0.1, 0.15) is 5.82 Å². The number of hydrogen-bond donors (Lipinski definition) is 2. The number of carbonyl (C=O) groups excluding carboxylic acids is 1. The van der Waals surface area contributed by atoms with Crippen molar-refractivity contribution >= 4 is 17.4 Å². The molecule has 5 heteroatoms. The predicted molar refractivity (Wildman–Crippen MR) is 75.5 cm³/mol. The quantitative estimate of drug-likeness (QED) is 0.769. The lowest BCUT2D eigenvalue weighted by molar-refractivity contribution is -0.116. The normalized spacial score (nSPS) is 18.4. The number of nitrogen functional groups attached to an aromatic ring is 1. The molecular formula is C14H18N4O. The van der Waals surface area contributed by atoms with Crippen molar-refractivity contribution in [2.45, 2.75) is 25.8 Å². The van der Waals surface area contributed by atoms with Gasteiger partial charge < -0.3 is 16.0 Å².